The summed E-state index contributed by atoms with van der Waals surface area (Å²) in [7, 11) is 0. The molecule has 3 fully saturated rings. The van der Waals surface area contributed by atoms with E-state index in [9.17, 15) is 10.2 Å². The molecule has 0 aromatic carbocycles. The Morgan fingerprint density at radius 3 is 2.54 bits per heavy atom. The number of fused-ring (bicyclic) bond motifs is 5. The molecule has 0 aromatic heterocycles. The van der Waals surface area contributed by atoms with Crippen LogP contribution < -0.4 is 0 Å². The first-order valence-electron chi connectivity index (χ1n) is 11.7. The number of ether oxygens (including phenoxy) is 1. The van der Waals surface area contributed by atoms with Crippen LogP contribution in [0.25, 0.3) is 0 Å². The molecule has 0 bridgehead atoms. The van der Waals surface area contributed by atoms with Gasteiger partial charge in [-0.1, -0.05) is 25.5 Å². The Morgan fingerprint density at radius 1 is 1.07 bits per heavy atom. The van der Waals surface area contributed by atoms with E-state index in [1.807, 2.05) is 20.8 Å². The third-order valence-electron chi connectivity index (χ3n) is 9.35. The normalized spacial score (nSPS) is 48.5. The van der Waals surface area contributed by atoms with Gasteiger partial charge in [0.15, 0.2) is 0 Å². The van der Waals surface area contributed by atoms with Crippen molar-refractivity contribution in [2.75, 3.05) is 13.2 Å². The lowest BCUT2D eigenvalue weighted by Crippen LogP contribution is -2.52. The van der Waals surface area contributed by atoms with Crippen molar-refractivity contribution in [1.29, 1.82) is 0 Å². The minimum Gasteiger partial charge on any atom is -0.390 e. The van der Waals surface area contributed by atoms with Gasteiger partial charge in [0, 0.05) is 0 Å². The van der Waals surface area contributed by atoms with Crippen LogP contribution in [0.3, 0.4) is 0 Å². The molecule has 0 aromatic rings. The van der Waals surface area contributed by atoms with E-state index in [0.29, 0.717) is 23.4 Å². The third kappa shape index (κ3) is 3.50. The standard InChI is InChI=1S/C25H42O3/c1-22(2,26)16-28-15-18-7-9-20-19-8-6-17-14-23(3,27)12-13-25(17,5)21(19)10-11-24(18,20)4/h6,18-21,26-27H,7-16H2,1-5H3/t18-,19?,20?,21?,23+,24-,25+/m1/s1. The highest BCUT2D eigenvalue weighted by molar-refractivity contribution is 5.26. The summed E-state index contributed by atoms with van der Waals surface area (Å²) in [5.74, 6) is 3.03. The molecule has 3 heteroatoms. The molecule has 3 nitrogen and oxygen atoms in total. The SMILES string of the molecule is CC(C)(O)COC[C@H]1CCC2C3CC=C4C[C@@](C)(O)CC[C@]4(C)C3CC[C@@]21C. The predicted molar refractivity (Wildman–Crippen MR) is 113 cm³/mol. The van der Waals surface area contributed by atoms with E-state index in [-0.39, 0.29) is 0 Å². The zero-order valence-electron chi connectivity index (χ0n) is 18.8. The van der Waals surface area contributed by atoms with Crippen molar-refractivity contribution in [2.24, 2.45) is 34.5 Å². The van der Waals surface area contributed by atoms with Crippen molar-refractivity contribution in [3.8, 4) is 0 Å². The van der Waals surface area contributed by atoms with Crippen molar-refractivity contribution in [3.05, 3.63) is 11.6 Å². The molecule has 3 unspecified atom stereocenters. The number of hydrogen-bond acceptors (Lipinski definition) is 3. The van der Waals surface area contributed by atoms with Crippen molar-refractivity contribution < 1.29 is 14.9 Å². The first-order chi connectivity index (χ1) is 12.9. The first kappa shape index (κ1) is 20.9. The summed E-state index contributed by atoms with van der Waals surface area (Å²) in [6.07, 6.45) is 12.0. The van der Waals surface area contributed by atoms with E-state index in [0.717, 1.165) is 43.6 Å². The first-order valence-corrected chi connectivity index (χ1v) is 11.7. The number of allylic oxidation sites excluding steroid dienone is 1. The molecule has 0 spiro atoms. The Balaban J connectivity index is 1.49. The average Bonchev–Trinajstić information content (AvgIpc) is 2.91. The Morgan fingerprint density at radius 2 is 1.82 bits per heavy atom. The predicted octanol–water partition coefficient (Wildman–Crippen LogP) is 5.10. The van der Waals surface area contributed by atoms with Crippen molar-refractivity contribution in [3.63, 3.8) is 0 Å². The van der Waals surface area contributed by atoms with E-state index in [4.69, 9.17) is 4.74 Å². The smallest absolute Gasteiger partial charge is 0.0824 e. The van der Waals surface area contributed by atoms with E-state index in [2.05, 4.69) is 19.9 Å². The van der Waals surface area contributed by atoms with E-state index in [1.165, 1.54) is 32.1 Å². The molecule has 0 radical (unpaired) electrons. The fraction of sp³-hybridized carbons (Fsp3) is 0.920. The number of aliphatic hydroxyl groups is 2. The fourth-order valence-electron chi connectivity index (χ4n) is 7.64. The maximum Gasteiger partial charge on any atom is 0.0824 e. The number of hydrogen-bond donors (Lipinski definition) is 2. The molecule has 4 aliphatic rings. The molecule has 2 N–H and O–H groups in total. The minimum atomic E-state index is -0.738. The highest BCUT2D eigenvalue weighted by Gasteiger charge is 2.59. The highest BCUT2D eigenvalue weighted by atomic mass is 16.5. The van der Waals surface area contributed by atoms with Gasteiger partial charge in [-0.2, -0.15) is 0 Å². The lowest BCUT2D eigenvalue weighted by molar-refractivity contribution is -0.0831. The Labute approximate surface area is 171 Å². The van der Waals surface area contributed by atoms with Crippen molar-refractivity contribution in [2.45, 2.75) is 97.2 Å². The van der Waals surface area contributed by atoms with Crippen LogP contribution in [0.5, 0.6) is 0 Å². The van der Waals surface area contributed by atoms with Crippen LogP contribution in [0.2, 0.25) is 0 Å². The molecular weight excluding hydrogens is 348 g/mol. The van der Waals surface area contributed by atoms with E-state index < -0.39 is 11.2 Å². The lowest BCUT2D eigenvalue weighted by atomic mass is 9.47. The third-order valence-corrected chi connectivity index (χ3v) is 9.35. The Hall–Kier alpha value is -0.380. The van der Waals surface area contributed by atoms with Crippen LogP contribution in [-0.2, 0) is 4.74 Å². The van der Waals surface area contributed by atoms with Gasteiger partial charge in [-0.15, -0.1) is 0 Å². The number of rotatable bonds is 4. The molecule has 160 valence electrons. The van der Waals surface area contributed by atoms with Crippen LogP contribution in [0, 0.1) is 34.5 Å². The molecule has 28 heavy (non-hydrogen) atoms. The summed E-state index contributed by atoms with van der Waals surface area (Å²) >= 11 is 0. The van der Waals surface area contributed by atoms with Crippen molar-refractivity contribution >= 4 is 0 Å². The lowest BCUT2D eigenvalue weighted by Gasteiger charge is -2.59. The van der Waals surface area contributed by atoms with Gasteiger partial charge in [0.2, 0.25) is 0 Å². The van der Waals surface area contributed by atoms with Gasteiger partial charge < -0.3 is 14.9 Å². The monoisotopic (exact) mass is 390 g/mol. The van der Waals surface area contributed by atoms with Crippen molar-refractivity contribution in [1.82, 2.24) is 0 Å². The Kier molecular flexibility index (Phi) is 5.08. The molecule has 0 aliphatic heterocycles. The second-order valence-electron chi connectivity index (χ2n) is 12.1. The maximum atomic E-state index is 10.6. The summed E-state index contributed by atoms with van der Waals surface area (Å²) in [6.45, 7) is 11.9. The zero-order chi connectivity index (χ0) is 20.4. The second-order valence-corrected chi connectivity index (χ2v) is 12.1. The largest absolute Gasteiger partial charge is 0.390 e. The van der Waals surface area contributed by atoms with E-state index in [1.54, 1.807) is 5.57 Å². The molecular formula is C25H42O3. The van der Waals surface area contributed by atoms with Crippen LogP contribution in [0.15, 0.2) is 11.6 Å². The summed E-state index contributed by atoms with van der Waals surface area (Å²) in [5.41, 5.74) is 1.01. The Bertz CT molecular complexity index is 630. The van der Waals surface area contributed by atoms with Crippen LogP contribution in [0.1, 0.15) is 86.0 Å². The quantitative estimate of drug-likeness (QED) is 0.656. The average molecular weight is 391 g/mol. The molecule has 4 aliphatic carbocycles. The van der Waals surface area contributed by atoms with Crippen LogP contribution >= 0.6 is 0 Å². The van der Waals surface area contributed by atoms with Gasteiger partial charge >= 0.3 is 0 Å². The molecule has 0 heterocycles. The summed E-state index contributed by atoms with van der Waals surface area (Å²) < 4.78 is 5.97. The summed E-state index contributed by atoms with van der Waals surface area (Å²) in [6, 6.07) is 0. The minimum absolute atomic E-state index is 0.308. The van der Waals surface area contributed by atoms with Gasteiger partial charge in [0.05, 0.1) is 24.4 Å². The van der Waals surface area contributed by atoms with Gasteiger partial charge in [-0.05, 0) is 107 Å². The zero-order valence-corrected chi connectivity index (χ0v) is 18.8. The van der Waals surface area contributed by atoms with Crippen LogP contribution in [0.4, 0.5) is 0 Å². The molecule has 3 saturated carbocycles. The molecule has 0 saturated heterocycles. The topological polar surface area (TPSA) is 49.7 Å². The van der Waals surface area contributed by atoms with Gasteiger partial charge in [0.25, 0.3) is 0 Å². The van der Waals surface area contributed by atoms with Gasteiger partial charge in [-0.25, -0.2) is 0 Å². The second kappa shape index (κ2) is 6.82. The highest BCUT2D eigenvalue weighted by Crippen LogP contribution is 2.66. The van der Waals surface area contributed by atoms with Gasteiger partial charge in [0.1, 0.15) is 0 Å². The summed E-state index contributed by atoms with van der Waals surface area (Å²) in [5, 5.41) is 20.6. The van der Waals surface area contributed by atoms with Gasteiger partial charge in [-0.3, -0.25) is 0 Å². The molecule has 0 amide bonds. The fourth-order valence-corrected chi connectivity index (χ4v) is 7.64. The summed E-state index contributed by atoms with van der Waals surface area (Å²) in [4.78, 5) is 0. The molecule has 4 rings (SSSR count). The molecule has 7 atom stereocenters. The van der Waals surface area contributed by atoms with Crippen LogP contribution in [-0.4, -0.2) is 34.6 Å². The maximum absolute atomic E-state index is 10.6. The van der Waals surface area contributed by atoms with E-state index >= 15 is 0 Å².